The van der Waals surface area contributed by atoms with E-state index in [0.717, 1.165) is 5.56 Å². The van der Waals surface area contributed by atoms with Gasteiger partial charge in [-0.2, -0.15) is 0 Å². The molecule has 0 aliphatic carbocycles. The lowest BCUT2D eigenvalue weighted by molar-refractivity contribution is -0.111. The van der Waals surface area contributed by atoms with Crippen LogP contribution in [0.25, 0.3) is 0 Å². The summed E-state index contributed by atoms with van der Waals surface area (Å²) >= 11 is 0. The van der Waals surface area contributed by atoms with Crippen molar-refractivity contribution < 1.29 is 46.8 Å². The average Bonchev–Trinajstić information content (AvgIpc) is 3.28. The van der Waals surface area contributed by atoms with Crippen LogP contribution in [-0.4, -0.2) is 65.6 Å². The molecule has 2 aromatic rings. The van der Waals surface area contributed by atoms with Gasteiger partial charge < -0.3 is 37.5 Å². The first-order chi connectivity index (χ1) is 18.0. The first kappa shape index (κ1) is 29.1. The number of carbonyl (C=O) groups excluding carboxylic acids is 1. The average molecular weight is 539 g/mol. The van der Waals surface area contributed by atoms with Gasteiger partial charge in [-0.05, 0) is 31.5 Å². The summed E-state index contributed by atoms with van der Waals surface area (Å²) in [7, 11) is 2.86. The highest BCUT2D eigenvalue weighted by Crippen LogP contribution is 2.44. The Morgan fingerprint density at radius 2 is 1.62 bits per heavy atom. The van der Waals surface area contributed by atoms with E-state index in [1.807, 2.05) is 44.2 Å². The molecule has 37 heavy (non-hydrogen) atoms. The van der Waals surface area contributed by atoms with Crippen molar-refractivity contribution >= 4 is 14.6 Å². The summed E-state index contributed by atoms with van der Waals surface area (Å²) in [6.07, 6.45) is -1.59. The Hall–Kier alpha value is -2.46. The summed E-state index contributed by atoms with van der Waals surface area (Å²) in [5, 5.41) is 0. The van der Waals surface area contributed by atoms with Crippen molar-refractivity contribution in [1.82, 2.24) is 0 Å². The van der Waals surface area contributed by atoms with Gasteiger partial charge in [0, 0.05) is 6.42 Å². The molecule has 1 heterocycles. The lowest BCUT2D eigenvalue weighted by atomic mass is 10.1. The zero-order valence-corrected chi connectivity index (χ0v) is 22.7. The molecule has 10 nitrogen and oxygen atoms in total. The molecule has 0 aromatic heterocycles. The van der Waals surface area contributed by atoms with E-state index in [9.17, 15) is 4.79 Å². The van der Waals surface area contributed by atoms with Crippen LogP contribution in [0.1, 0.15) is 36.2 Å². The highest BCUT2D eigenvalue weighted by atomic mass is 31.2. The molecule has 11 heteroatoms. The van der Waals surface area contributed by atoms with Gasteiger partial charge in [-0.25, -0.2) is 4.79 Å². The molecule has 1 unspecified atom stereocenters. The van der Waals surface area contributed by atoms with Crippen molar-refractivity contribution in [1.29, 1.82) is 0 Å². The highest BCUT2D eigenvalue weighted by molar-refractivity contribution is 7.41. The smallest absolute Gasteiger partial charge is 0.338 e. The molecule has 0 radical (unpaired) electrons. The number of hydrogen-bond donors (Lipinski definition) is 0. The second-order valence-electron chi connectivity index (χ2n) is 7.86. The minimum absolute atomic E-state index is 0.198. The van der Waals surface area contributed by atoms with E-state index in [-0.39, 0.29) is 18.6 Å². The monoisotopic (exact) mass is 538 g/mol. The number of carbonyl (C=O) groups is 1. The maximum atomic E-state index is 13.2. The standard InChI is InChI=1S/C26H35O10P/c1-6-32-37(33-7-2)36-24-15-20(23(34-24)17-31-16-18-11-9-8-10-12-18)35-26(27)19-13-21(28-3)25(30-5)22(14-19)29-4/h8-14,20,23-24H,6-7,15-17H2,1-5H3/t20-,23+,24?/m0/s1. The van der Waals surface area contributed by atoms with Crippen LogP contribution >= 0.6 is 8.60 Å². The van der Waals surface area contributed by atoms with Crippen LogP contribution in [0.3, 0.4) is 0 Å². The zero-order valence-electron chi connectivity index (χ0n) is 21.8. The molecule has 2 aromatic carbocycles. The van der Waals surface area contributed by atoms with Crippen molar-refractivity contribution in [2.24, 2.45) is 0 Å². The van der Waals surface area contributed by atoms with Gasteiger partial charge in [-0.1, -0.05) is 30.3 Å². The van der Waals surface area contributed by atoms with Crippen LogP contribution in [0.5, 0.6) is 17.2 Å². The first-order valence-electron chi connectivity index (χ1n) is 12.0. The SMILES string of the molecule is CCOP(OCC)OC1C[C@H](OC(=O)c2cc(OC)c(OC)c(OC)c2)[C@@H](COCc2ccccc2)O1. The van der Waals surface area contributed by atoms with Crippen molar-refractivity contribution in [3.05, 3.63) is 53.6 Å². The Kier molecular flexibility index (Phi) is 11.9. The fourth-order valence-electron chi connectivity index (χ4n) is 3.69. The Balaban J connectivity index is 1.72. The molecular formula is C26H35O10P. The summed E-state index contributed by atoms with van der Waals surface area (Å²) in [5.41, 5.74) is 1.27. The van der Waals surface area contributed by atoms with E-state index in [1.165, 1.54) is 33.5 Å². The van der Waals surface area contributed by atoms with Crippen LogP contribution < -0.4 is 14.2 Å². The van der Waals surface area contributed by atoms with Crippen LogP contribution in [0.4, 0.5) is 0 Å². The number of ether oxygens (including phenoxy) is 6. The molecule has 1 saturated heterocycles. The molecule has 0 saturated carbocycles. The third-order valence-electron chi connectivity index (χ3n) is 5.39. The first-order valence-corrected chi connectivity index (χ1v) is 13.1. The Morgan fingerprint density at radius 1 is 0.973 bits per heavy atom. The number of methoxy groups -OCH3 is 3. The lowest BCUT2D eigenvalue weighted by Crippen LogP contribution is -2.31. The maximum absolute atomic E-state index is 13.2. The molecule has 0 bridgehead atoms. The lowest BCUT2D eigenvalue weighted by Gasteiger charge is -2.20. The fraction of sp³-hybridized carbons (Fsp3) is 0.500. The van der Waals surface area contributed by atoms with Crippen molar-refractivity contribution in [3.63, 3.8) is 0 Å². The van der Waals surface area contributed by atoms with Gasteiger partial charge in [0.15, 0.2) is 17.8 Å². The molecule has 204 valence electrons. The van der Waals surface area contributed by atoms with E-state index in [0.29, 0.717) is 37.1 Å². The minimum atomic E-state index is -1.60. The van der Waals surface area contributed by atoms with Crippen molar-refractivity contribution in [2.45, 2.75) is 45.4 Å². The van der Waals surface area contributed by atoms with E-state index >= 15 is 0 Å². The summed E-state index contributed by atoms with van der Waals surface area (Å²) in [5.74, 6) is 0.504. The number of esters is 1. The summed E-state index contributed by atoms with van der Waals surface area (Å²) in [4.78, 5) is 13.2. The van der Waals surface area contributed by atoms with E-state index in [4.69, 9.17) is 42.0 Å². The Bertz CT molecular complexity index is 942. The van der Waals surface area contributed by atoms with Crippen LogP contribution in [0.2, 0.25) is 0 Å². The van der Waals surface area contributed by atoms with Crippen molar-refractivity contribution in [3.8, 4) is 17.2 Å². The van der Waals surface area contributed by atoms with Gasteiger partial charge in [-0.15, -0.1) is 0 Å². The minimum Gasteiger partial charge on any atom is -0.493 e. The van der Waals surface area contributed by atoms with Crippen LogP contribution in [-0.2, 0) is 34.4 Å². The predicted octanol–water partition coefficient (Wildman–Crippen LogP) is 4.89. The number of hydrogen-bond acceptors (Lipinski definition) is 10. The molecule has 1 aliphatic rings. The Morgan fingerprint density at radius 3 is 2.19 bits per heavy atom. The van der Waals surface area contributed by atoms with Crippen LogP contribution in [0, 0.1) is 0 Å². The number of rotatable bonds is 15. The second kappa shape index (κ2) is 15.1. The molecule has 0 spiro atoms. The molecule has 3 rings (SSSR count). The quantitative estimate of drug-likeness (QED) is 0.230. The third-order valence-corrected chi connectivity index (χ3v) is 6.74. The summed E-state index contributed by atoms with van der Waals surface area (Å²) < 4.78 is 50.9. The van der Waals surface area contributed by atoms with Gasteiger partial charge in [0.1, 0.15) is 12.2 Å². The summed E-state index contributed by atoms with van der Waals surface area (Å²) in [6.45, 7) is 5.17. The maximum Gasteiger partial charge on any atom is 0.338 e. The molecular weight excluding hydrogens is 503 g/mol. The zero-order chi connectivity index (χ0) is 26.6. The highest BCUT2D eigenvalue weighted by Gasteiger charge is 2.41. The van der Waals surface area contributed by atoms with Gasteiger partial charge in [0.25, 0.3) is 0 Å². The fourth-order valence-corrected chi connectivity index (χ4v) is 4.64. The van der Waals surface area contributed by atoms with Crippen molar-refractivity contribution in [2.75, 3.05) is 41.2 Å². The Labute approximate surface area is 219 Å². The van der Waals surface area contributed by atoms with E-state index in [2.05, 4.69) is 0 Å². The molecule has 1 aliphatic heterocycles. The largest absolute Gasteiger partial charge is 0.493 e. The normalized spacial score (nSPS) is 19.1. The van der Waals surface area contributed by atoms with E-state index < -0.39 is 33.1 Å². The van der Waals surface area contributed by atoms with Gasteiger partial charge in [0.2, 0.25) is 5.75 Å². The van der Waals surface area contributed by atoms with Crippen LogP contribution in [0.15, 0.2) is 42.5 Å². The molecule has 1 fully saturated rings. The third kappa shape index (κ3) is 8.26. The van der Waals surface area contributed by atoms with Gasteiger partial charge in [-0.3, -0.25) is 4.52 Å². The number of benzene rings is 2. The second-order valence-corrected chi connectivity index (χ2v) is 9.04. The van der Waals surface area contributed by atoms with Gasteiger partial charge >= 0.3 is 14.6 Å². The molecule has 0 N–H and O–H groups in total. The predicted molar refractivity (Wildman–Crippen MR) is 136 cm³/mol. The molecule has 3 atom stereocenters. The molecule has 0 amide bonds. The summed E-state index contributed by atoms with van der Waals surface area (Å²) in [6, 6.07) is 12.9. The van der Waals surface area contributed by atoms with E-state index in [1.54, 1.807) is 0 Å². The topological polar surface area (TPSA) is 100 Å². The van der Waals surface area contributed by atoms with Gasteiger partial charge in [0.05, 0.1) is 53.3 Å².